The van der Waals surface area contributed by atoms with E-state index < -0.39 is 0 Å². The third-order valence-electron chi connectivity index (χ3n) is 3.42. The van der Waals surface area contributed by atoms with E-state index in [4.69, 9.17) is 4.74 Å². The standard InChI is InChI=1S/C10H16O2/c1-12-10(11)9-5-7-2-3-8(4-7)6-9/h7-9H,2-6H2,1H3. The Morgan fingerprint density at radius 3 is 2.25 bits per heavy atom. The number of hydrogen-bond acceptors (Lipinski definition) is 2. The predicted molar refractivity (Wildman–Crippen MR) is 45.6 cm³/mol. The number of rotatable bonds is 1. The minimum Gasteiger partial charge on any atom is -0.469 e. The molecule has 2 unspecified atom stereocenters. The van der Waals surface area contributed by atoms with Gasteiger partial charge in [-0.3, -0.25) is 4.79 Å². The summed E-state index contributed by atoms with van der Waals surface area (Å²) in [5, 5.41) is 0. The molecule has 0 aromatic rings. The molecule has 0 aromatic carbocycles. The van der Waals surface area contributed by atoms with Gasteiger partial charge in [0.2, 0.25) is 0 Å². The van der Waals surface area contributed by atoms with Crippen LogP contribution in [0.3, 0.4) is 0 Å². The van der Waals surface area contributed by atoms with Gasteiger partial charge >= 0.3 is 5.97 Å². The van der Waals surface area contributed by atoms with Crippen LogP contribution >= 0.6 is 0 Å². The first-order chi connectivity index (χ1) is 5.79. The fraction of sp³-hybridized carbons (Fsp3) is 0.900. The molecule has 12 heavy (non-hydrogen) atoms. The molecule has 0 aliphatic heterocycles. The molecule has 0 saturated heterocycles. The van der Waals surface area contributed by atoms with Crippen molar-refractivity contribution in [2.75, 3.05) is 7.11 Å². The number of ether oxygens (including phenoxy) is 1. The lowest BCUT2D eigenvalue weighted by Crippen LogP contribution is -2.24. The van der Waals surface area contributed by atoms with Gasteiger partial charge in [0.1, 0.15) is 0 Å². The van der Waals surface area contributed by atoms with Gasteiger partial charge < -0.3 is 4.74 Å². The second-order valence-electron chi connectivity index (χ2n) is 4.24. The van der Waals surface area contributed by atoms with Gasteiger partial charge in [0.05, 0.1) is 13.0 Å². The van der Waals surface area contributed by atoms with Crippen molar-refractivity contribution in [1.29, 1.82) is 0 Å². The van der Waals surface area contributed by atoms with Crippen LogP contribution in [0.5, 0.6) is 0 Å². The Labute approximate surface area is 73.3 Å². The maximum Gasteiger partial charge on any atom is 0.308 e. The van der Waals surface area contributed by atoms with E-state index in [0.717, 1.165) is 24.7 Å². The smallest absolute Gasteiger partial charge is 0.308 e. The van der Waals surface area contributed by atoms with E-state index in [1.54, 1.807) is 0 Å². The van der Waals surface area contributed by atoms with Crippen molar-refractivity contribution < 1.29 is 9.53 Å². The fourth-order valence-electron chi connectivity index (χ4n) is 2.87. The van der Waals surface area contributed by atoms with Gasteiger partial charge in [-0.05, 0) is 31.1 Å². The Morgan fingerprint density at radius 1 is 1.17 bits per heavy atom. The monoisotopic (exact) mass is 168 g/mol. The van der Waals surface area contributed by atoms with Crippen molar-refractivity contribution in [2.45, 2.75) is 32.1 Å². The topological polar surface area (TPSA) is 26.3 Å². The molecule has 2 nitrogen and oxygen atoms in total. The van der Waals surface area contributed by atoms with Crippen molar-refractivity contribution in [3.05, 3.63) is 0 Å². The normalized spacial score (nSPS) is 39.6. The zero-order valence-corrected chi connectivity index (χ0v) is 7.58. The third-order valence-corrected chi connectivity index (χ3v) is 3.42. The van der Waals surface area contributed by atoms with E-state index in [0.29, 0.717) is 0 Å². The molecule has 0 amide bonds. The summed E-state index contributed by atoms with van der Waals surface area (Å²) in [4.78, 5) is 11.3. The molecule has 0 heterocycles. The van der Waals surface area contributed by atoms with Gasteiger partial charge in [0.25, 0.3) is 0 Å². The van der Waals surface area contributed by atoms with Crippen molar-refractivity contribution >= 4 is 5.97 Å². The fourth-order valence-corrected chi connectivity index (χ4v) is 2.87. The average molecular weight is 168 g/mol. The maximum atomic E-state index is 11.3. The zero-order valence-electron chi connectivity index (χ0n) is 7.58. The average Bonchev–Trinajstić information content (AvgIpc) is 2.44. The second-order valence-corrected chi connectivity index (χ2v) is 4.24. The molecular formula is C10H16O2. The first-order valence-electron chi connectivity index (χ1n) is 4.87. The molecule has 0 radical (unpaired) electrons. The van der Waals surface area contributed by atoms with Crippen LogP contribution < -0.4 is 0 Å². The number of esters is 1. The maximum absolute atomic E-state index is 11.3. The van der Waals surface area contributed by atoms with Crippen LogP contribution in [0, 0.1) is 17.8 Å². The molecule has 2 heteroatoms. The van der Waals surface area contributed by atoms with Crippen LogP contribution in [0.2, 0.25) is 0 Å². The SMILES string of the molecule is COC(=O)C1CC2CCC(C2)C1. The van der Waals surface area contributed by atoms with Gasteiger partial charge in [-0.2, -0.15) is 0 Å². The summed E-state index contributed by atoms with van der Waals surface area (Å²) in [6, 6.07) is 0. The van der Waals surface area contributed by atoms with E-state index in [1.165, 1.54) is 26.4 Å². The molecule has 68 valence electrons. The van der Waals surface area contributed by atoms with E-state index in [1.807, 2.05) is 0 Å². The summed E-state index contributed by atoms with van der Waals surface area (Å²) in [5.74, 6) is 1.90. The summed E-state index contributed by atoms with van der Waals surface area (Å²) in [7, 11) is 1.50. The van der Waals surface area contributed by atoms with Crippen LogP contribution in [-0.4, -0.2) is 13.1 Å². The zero-order chi connectivity index (χ0) is 8.55. The molecule has 2 rings (SSSR count). The molecule has 2 aliphatic carbocycles. The van der Waals surface area contributed by atoms with E-state index in [9.17, 15) is 4.79 Å². The van der Waals surface area contributed by atoms with Crippen LogP contribution in [0.1, 0.15) is 32.1 Å². The Balaban J connectivity index is 1.98. The minimum absolute atomic E-state index is 0.0200. The molecule has 2 atom stereocenters. The third kappa shape index (κ3) is 1.35. The lowest BCUT2D eigenvalue weighted by molar-refractivity contribution is -0.147. The number of carbonyl (C=O) groups excluding carboxylic acids is 1. The first kappa shape index (κ1) is 8.09. The molecule has 0 N–H and O–H groups in total. The summed E-state index contributed by atoms with van der Waals surface area (Å²) in [6.07, 6.45) is 6.23. The van der Waals surface area contributed by atoms with E-state index >= 15 is 0 Å². The highest BCUT2D eigenvalue weighted by Crippen LogP contribution is 2.44. The number of fused-ring (bicyclic) bond motifs is 2. The van der Waals surface area contributed by atoms with Crippen LogP contribution in [0.15, 0.2) is 0 Å². The van der Waals surface area contributed by atoms with Gasteiger partial charge in [-0.15, -0.1) is 0 Å². The minimum atomic E-state index is 0.0200. The molecule has 2 bridgehead atoms. The summed E-state index contributed by atoms with van der Waals surface area (Å²) in [5.41, 5.74) is 0. The quantitative estimate of drug-likeness (QED) is 0.560. The van der Waals surface area contributed by atoms with Gasteiger partial charge in [-0.1, -0.05) is 12.8 Å². The lowest BCUT2D eigenvalue weighted by atomic mass is 9.81. The second kappa shape index (κ2) is 3.08. The number of methoxy groups -OCH3 is 1. The lowest BCUT2D eigenvalue weighted by Gasteiger charge is -2.25. The Morgan fingerprint density at radius 2 is 1.75 bits per heavy atom. The van der Waals surface area contributed by atoms with Crippen molar-refractivity contribution in [2.24, 2.45) is 17.8 Å². The highest BCUT2D eigenvalue weighted by molar-refractivity contribution is 5.72. The molecule has 2 aliphatic rings. The largest absolute Gasteiger partial charge is 0.469 e. The molecule has 0 spiro atoms. The molecule has 2 fully saturated rings. The summed E-state index contributed by atoms with van der Waals surface area (Å²) >= 11 is 0. The van der Waals surface area contributed by atoms with Gasteiger partial charge in [0, 0.05) is 0 Å². The van der Waals surface area contributed by atoms with Crippen molar-refractivity contribution in [1.82, 2.24) is 0 Å². The Hall–Kier alpha value is -0.530. The summed E-state index contributed by atoms with van der Waals surface area (Å²) < 4.78 is 4.78. The molecular weight excluding hydrogens is 152 g/mol. The summed E-state index contributed by atoms with van der Waals surface area (Å²) in [6.45, 7) is 0. The van der Waals surface area contributed by atoms with Gasteiger partial charge in [0.15, 0.2) is 0 Å². The Bertz CT molecular complexity index is 176. The van der Waals surface area contributed by atoms with E-state index in [-0.39, 0.29) is 11.9 Å². The van der Waals surface area contributed by atoms with Crippen molar-refractivity contribution in [3.63, 3.8) is 0 Å². The van der Waals surface area contributed by atoms with Crippen LogP contribution in [0.4, 0.5) is 0 Å². The highest BCUT2D eigenvalue weighted by atomic mass is 16.5. The van der Waals surface area contributed by atoms with Crippen LogP contribution in [0.25, 0.3) is 0 Å². The number of hydrogen-bond donors (Lipinski definition) is 0. The first-order valence-corrected chi connectivity index (χ1v) is 4.87. The highest BCUT2D eigenvalue weighted by Gasteiger charge is 2.37. The Kier molecular flexibility index (Phi) is 2.07. The molecule has 0 aromatic heterocycles. The molecule has 2 saturated carbocycles. The van der Waals surface area contributed by atoms with Crippen molar-refractivity contribution in [3.8, 4) is 0 Å². The van der Waals surface area contributed by atoms with Gasteiger partial charge in [-0.25, -0.2) is 0 Å². The predicted octanol–water partition coefficient (Wildman–Crippen LogP) is 1.99. The van der Waals surface area contributed by atoms with E-state index in [2.05, 4.69) is 0 Å². The van der Waals surface area contributed by atoms with Crippen LogP contribution in [-0.2, 0) is 9.53 Å². The number of carbonyl (C=O) groups is 1.